The van der Waals surface area contributed by atoms with Crippen molar-refractivity contribution < 1.29 is 27.9 Å². The Labute approximate surface area is 182 Å². The quantitative estimate of drug-likeness (QED) is 0.629. The fraction of sp³-hybridized carbons (Fsp3) is 0.348. The maximum Gasteiger partial charge on any atom is 0.389 e. The molecule has 2 aromatic heterocycles. The number of likely N-dealkylation sites (tertiary alicyclic amines) is 1. The first kappa shape index (κ1) is 22.0. The molecule has 4 rings (SSSR count). The Morgan fingerprint density at radius 2 is 2.00 bits per heavy atom. The van der Waals surface area contributed by atoms with Crippen LogP contribution in [0.3, 0.4) is 0 Å². The van der Waals surface area contributed by atoms with E-state index in [2.05, 4.69) is 4.98 Å². The largest absolute Gasteiger partial charge is 0.391 e. The van der Waals surface area contributed by atoms with Gasteiger partial charge in [-0.3, -0.25) is 14.0 Å². The molecule has 1 N–H and O–H groups in total. The lowest BCUT2D eigenvalue weighted by molar-refractivity contribution is -0.143. The van der Waals surface area contributed by atoms with Crippen LogP contribution >= 0.6 is 0 Å². The van der Waals surface area contributed by atoms with E-state index in [-0.39, 0.29) is 12.3 Å². The van der Waals surface area contributed by atoms with E-state index in [1.54, 1.807) is 52.0 Å². The zero-order valence-corrected chi connectivity index (χ0v) is 17.2. The number of Topliss-reactive ketones (excluding diaryl/α,β-unsaturated/α-hetero) is 1. The standard InChI is InChI=1S/C23H22F3N3O3/c24-23(25,26)7-4-18(30)11-15-2-1-3-16(10-15)20-13-27-21-12-17(5-9-29(20)21)22(32)28-8-6-19(31)14-28/h1-3,5,9-10,12-13,19,31H,4,6-8,11,14H2. The van der Waals surface area contributed by atoms with E-state index in [0.717, 1.165) is 11.3 Å². The van der Waals surface area contributed by atoms with Gasteiger partial charge in [0.15, 0.2) is 0 Å². The lowest BCUT2D eigenvalue weighted by atomic mass is 10.0. The van der Waals surface area contributed by atoms with Crippen LogP contribution in [0.1, 0.15) is 35.2 Å². The number of carbonyl (C=O) groups excluding carboxylic acids is 2. The first-order chi connectivity index (χ1) is 15.2. The third kappa shape index (κ3) is 4.99. The highest BCUT2D eigenvalue weighted by atomic mass is 19.4. The van der Waals surface area contributed by atoms with Gasteiger partial charge in [-0.05, 0) is 30.2 Å². The second-order valence-electron chi connectivity index (χ2n) is 8.01. The van der Waals surface area contributed by atoms with Gasteiger partial charge in [-0.25, -0.2) is 4.98 Å². The number of aromatic nitrogens is 2. The second-order valence-corrected chi connectivity index (χ2v) is 8.01. The number of benzene rings is 1. The zero-order valence-electron chi connectivity index (χ0n) is 17.2. The number of fused-ring (bicyclic) bond motifs is 1. The van der Waals surface area contributed by atoms with Crippen LogP contribution < -0.4 is 0 Å². The molecule has 1 aliphatic rings. The van der Waals surface area contributed by atoms with Crippen molar-refractivity contribution in [2.75, 3.05) is 13.1 Å². The number of amides is 1. The van der Waals surface area contributed by atoms with Gasteiger partial charge in [0.1, 0.15) is 11.4 Å². The summed E-state index contributed by atoms with van der Waals surface area (Å²) in [4.78, 5) is 30.6. The fourth-order valence-corrected chi connectivity index (χ4v) is 3.87. The molecule has 1 unspecified atom stereocenters. The highest BCUT2D eigenvalue weighted by molar-refractivity contribution is 5.95. The van der Waals surface area contributed by atoms with Crippen LogP contribution in [0.5, 0.6) is 0 Å². The number of β-amino-alcohol motifs (C(OH)–C–C–N with tert-alkyl or cyclic N) is 1. The van der Waals surface area contributed by atoms with E-state index < -0.39 is 30.9 Å². The van der Waals surface area contributed by atoms with Gasteiger partial charge < -0.3 is 10.0 Å². The number of nitrogens with zero attached hydrogens (tertiary/aromatic N) is 3. The summed E-state index contributed by atoms with van der Waals surface area (Å²) in [5.74, 6) is -0.624. The SMILES string of the molecule is O=C(CCC(F)(F)F)Cc1cccc(-c2cnc3cc(C(=O)N4CCC(O)C4)ccn23)c1. The van der Waals surface area contributed by atoms with Gasteiger partial charge in [-0.2, -0.15) is 13.2 Å². The molecule has 0 radical (unpaired) electrons. The number of alkyl halides is 3. The third-order valence-corrected chi connectivity index (χ3v) is 5.52. The monoisotopic (exact) mass is 445 g/mol. The summed E-state index contributed by atoms with van der Waals surface area (Å²) in [5.41, 5.74) is 3.18. The van der Waals surface area contributed by atoms with Crippen LogP contribution in [0.15, 0.2) is 48.8 Å². The van der Waals surface area contributed by atoms with Crippen molar-refractivity contribution >= 4 is 17.3 Å². The number of halogens is 3. The minimum Gasteiger partial charge on any atom is -0.391 e. The average Bonchev–Trinajstić information content (AvgIpc) is 3.37. The Hall–Kier alpha value is -3.20. The summed E-state index contributed by atoms with van der Waals surface area (Å²) >= 11 is 0. The molecule has 1 amide bonds. The average molecular weight is 445 g/mol. The smallest absolute Gasteiger partial charge is 0.389 e. The van der Waals surface area contributed by atoms with Crippen LogP contribution in [0.2, 0.25) is 0 Å². The number of pyridine rings is 1. The number of carbonyl (C=O) groups is 2. The highest BCUT2D eigenvalue weighted by Gasteiger charge is 2.28. The van der Waals surface area contributed by atoms with Gasteiger partial charge >= 0.3 is 6.18 Å². The van der Waals surface area contributed by atoms with Crippen molar-refractivity contribution in [3.05, 3.63) is 59.9 Å². The van der Waals surface area contributed by atoms with Crippen molar-refractivity contribution in [2.45, 2.75) is 38.0 Å². The molecule has 1 aromatic carbocycles. The van der Waals surface area contributed by atoms with Crippen molar-refractivity contribution in [2.24, 2.45) is 0 Å². The normalized spacial score (nSPS) is 16.6. The highest BCUT2D eigenvalue weighted by Crippen LogP contribution is 2.25. The molecule has 3 heterocycles. The Kier molecular flexibility index (Phi) is 6.01. The summed E-state index contributed by atoms with van der Waals surface area (Å²) in [6.45, 7) is 0.831. The molecule has 6 nitrogen and oxygen atoms in total. The number of imidazole rings is 1. The number of rotatable bonds is 6. The molecule has 3 aromatic rings. The summed E-state index contributed by atoms with van der Waals surface area (Å²) in [5, 5.41) is 9.66. The minimum absolute atomic E-state index is 0.0685. The van der Waals surface area contributed by atoms with Crippen molar-refractivity contribution in [1.29, 1.82) is 0 Å². The van der Waals surface area contributed by atoms with Crippen molar-refractivity contribution in [3.63, 3.8) is 0 Å². The number of hydrogen-bond acceptors (Lipinski definition) is 4. The molecule has 168 valence electrons. The zero-order chi connectivity index (χ0) is 22.9. The topological polar surface area (TPSA) is 74.9 Å². The summed E-state index contributed by atoms with van der Waals surface area (Å²) in [7, 11) is 0. The van der Waals surface area contributed by atoms with Crippen molar-refractivity contribution in [3.8, 4) is 11.3 Å². The molecule has 0 aliphatic carbocycles. The van der Waals surface area contributed by atoms with E-state index in [4.69, 9.17) is 0 Å². The fourth-order valence-electron chi connectivity index (χ4n) is 3.87. The maximum absolute atomic E-state index is 12.7. The molecule has 1 fully saturated rings. The van der Waals surface area contributed by atoms with Crippen LogP contribution in [0.4, 0.5) is 13.2 Å². The maximum atomic E-state index is 12.7. The number of ketones is 1. The van der Waals surface area contributed by atoms with Gasteiger partial charge in [0, 0.05) is 43.3 Å². The van der Waals surface area contributed by atoms with E-state index in [9.17, 15) is 27.9 Å². The summed E-state index contributed by atoms with van der Waals surface area (Å²) in [6, 6.07) is 10.4. The molecular formula is C23H22F3N3O3. The lowest BCUT2D eigenvalue weighted by Gasteiger charge is -2.15. The summed E-state index contributed by atoms with van der Waals surface area (Å²) in [6.07, 6.45) is -2.61. The Balaban J connectivity index is 1.52. The first-order valence-electron chi connectivity index (χ1n) is 10.3. The molecule has 1 atom stereocenters. The molecular weight excluding hydrogens is 423 g/mol. The second kappa shape index (κ2) is 8.74. The molecule has 32 heavy (non-hydrogen) atoms. The lowest BCUT2D eigenvalue weighted by Crippen LogP contribution is -2.29. The van der Waals surface area contributed by atoms with Gasteiger partial charge in [0.2, 0.25) is 0 Å². The van der Waals surface area contributed by atoms with E-state index in [1.165, 1.54) is 0 Å². The first-order valence-corrected chi connectivity index (χ1v) is 10.3. The molecule has 1 aliphatic heterocycles. The molecule has 0 bridgehead atoms. The number of aliphatic hydroxyl groups excluding tert-OH is 1. The van der Waals surface area contributed by atoms with Crippen molar-refractivity contribution in [1.82, 2.24) is 14.3 Å². The Morgan fingerprint density at radius 3 is 2.72 bits per heavy atom. The Morgan fingerprint density at radius 1 is 1.19 bits per heavy atom. The van der Waals surface area contributed by atoms with Gasteiger partial charge in [0.05, 0.1) is 24.4 Å². The number of hydrogen-bond donors (Lipinski definition) is 1. The van der Waals surface area contributed by atoms with Crippen LogP contribution in [0.25, 0.3) is 16.9 Å². The van der Waals surface area contributed by atoms with Gasteiger partial charge in [-0.15, -0.1) is 0 Å². The molecule has 9 heteroatoms. The van der Waals surface area contributed by atoms with Crippen LogP contribution in [0, 0.1) is 0 Å². The summed E-state index contributed by atoms with van der Waals surface area (Å²) < 4.78 is 38.8. The molecule has 1 saturated heterocycles. The van der Waals surface area contributed by atoms with Crippen LogP contribution in [-0.4, -0.2) is 56.5 Å². The predicted molar refractivity (Wildman–Crippen MR) is 111 cm³/mol. The van der Waals surface area contributed by atoms with E-state index >= 15 is 0 Å². The van der Waals surface area contributed by atoms with Gasteiger partial charge in [-0.1, -0.05) is 18.2 Å². The number of aliphatic hydroxyl groups is 1. The minimum atomic E-state index is -4.34. The third-order valence-electron chi connectivity index (χ3n) is 5.52. The van der Waals surface area contributed by atoms with E-state index in [0.29, 0.717) is 36.3 Å². The Bertz CT molecular complexity index is 1160. The van der Waals surface area contributed by atoms with Crippen LogP contribution in [-0.2, 0) is 11.2 Å². The molecule has 0 saturated carbocycles. The van der Waals surface area contributed by atoms with E-state index in [1.807, 2.05) is 6.07 Å². The van der Waals surface area contributed by atoms with Gasteiger partial charge in [0.25, 0.3) is 5.91 Å². The predicted octanol–water partition coefficient (Wildman–Crippen LogP) is 3.66. The molecule has 0 spiro atoms.